The van der Waals surface area contributed by atoms with E-state index in [1.54, 1.807) is 14.2 Å². The number of carboxylic acids is 1. The Bertz CT molecular complexity index is 374. The number of benzene rings is 1. The maximum absolute atomic E-state index is 10.5. The zero-order valence-corrected chi connectivity index (χ0v) is 10.2. The summed E-state index contributed by atoms with van der Waals surface area (Å²) in [6.07, 6.45) is 1.58. The van der Waals surface area contributed by atoms with Crippen LogP contribution in [0.3, 0.4) is 0 Å². The molecule has 1 aromatic carbocycles. The predicted molar refractivity (Wildman–Crippen MR) is 64.3 cm³/mol. The second kappa shape index (κ2) is 6.91. The first-order valence-electron chi connectivity index (χ1n) is 5.54. The fourth-order valence-corrected chi connectivity index (χ4v) is 1.69. The third kappa shape index (κ3) is 4.44. The van der Waals surface area contributed by atoms with Gasteiger partial charge in [-0.3, -0.25) is 4.79 Å². The van der Waals surface area contributed by atoms with Gasteiger partial charge in [-0.05, 0) is 36.1 Å². The highest BCUT2D eigenvalue weighted by atomic mass is 16.5. The Labute approximate surface area is 101 Å². The summed E-state index contributed by atoms with van der Waals surface area (Å²) >= 11 is 0. The highest BCUT2D eigenvalue weighted by molar-refractivity contribution is 5.66. The molecule has 1 aromatic rings. The lowest BCUT2D eigenvalue weighted by molar-refractivity contribution is -0.137. The first-order chi connectivity index (χ1) is 8.17. The SMILES string of the molecule is COCc1cc(OC)ccc1CCCC(=O)O. The summed E-state index contributed by atoms with van der Waals surface area (Å²) < 4.78 is 10.3. The number of methoxy groups -OCH3 is 2. The van der Waals surface area contributed by atoms with E-state index in [1.165, 1.54) is 0 Å². The number of aliphatic carboxylic acids is 1. The molecule has 0 saturated carbocycles. The van der Waals surface area contributed by atoms with Crippen molar-refractivity contribution in [2.75, 3.05) is 14.2 Å². The van der Waals surface area contributed by atoms with E-state index < -0.39 is 5.97 Å². The van der Waals surface area contributed by atoms with Crippen LogP contribution >= 0.6 is 0 Å². The van der Waals surface area contributed by atoms with Gasteiger partial charge in [-0.15, -0.1) is 0 Å². The van der Waals surface area contributed by atoms with E-state index in [-0.39, 0.29) is 6.42 Å². The van der Waals surface area contributed by atoms with Gasteiger partial charge in [0, 0.05) is 13.5 Å². The molecule has 0 aromatic heterocycles. The second-order valence-corrected chi connectivity index (χ2v) is 3.81. The molecular formula is C13H18O4. The van der Waals surface area contributed by atoms with Crippen molar-refractivity contribution in [3.63, 3.8) is 0 Å². The van der Waals surface area contributed by atoms with E-state index in [9.17, 15) is 4.79 Å². The third-order valence-corrected chi connectivity index (χ3v) is 2.55. The summed E-state index contributed by atoms with van der Waals surface area (Å²) in [6, 6.07) is 5.78. The van der Waals surface area contributed by atoms with Gasteiger partial charge in [0.1, 0.15) is 5.75 Å². The molecule has 17 heavy (non-hydrogen) atoms. The van der Waals surface area contributed by atoms with Crippen LogP contribution in [0.25, 0.3) is 0 Å². The third-order valence-electron chi connectivity index (χ3n) is 2.55. The molecule has 1 rings (SSSR count). The maximum Gasteiger partial charge on any atom is 0.303 e. The van der Waals surface area contributed by atoms with Gasteiger partial charge in [0.15, 0.2) is 0 Å². The van der Waals surface area contributed by atoms with Crippen LogP contribution in [0.1, 0.15) is 24.0 Å². The molecule has 0 bridgehead atoms. The zero-order chi connectivity index (χ0) is 12.7. The topological polar surface area (TPSA) is 55.8 Å². The summed E-state index contributed by atoms with van der Waals surface area (Å²) in [6.45, 7) is 0.513. The van der Waals surface area contributed by atoms with E-state index in [0.717, 1.165) is 23.3 Å². The minimum absolute atomic E-state index is 0.193. The molecule has 0 aliphatic carbocycles. The van der Waals surface area contributed by atoms with Crippen molar-refractivity contribution in [2.24, 2.45) is 0 Å². The van der Waals surface area contributed by atoms with E-state index in [4.69, 9.17) is 14.6 Å². The number of rotatable bonds is 7. The molecule has 0 radical (unpaired) electrons. The van der Waals surface area contributed by atoms with Crippen molar-refractivity contribution in [3.8, 4) is 5.75 Å². The normalized spacial score (nSPS) is 10.2. The van der Waals surface area contributed by atoms with Crippen LogP contribution in [0.2, 0.25) is 0 Å². The van der Waals surface area contributed by atoms with Gasteiger partial charge in [0.05, 0.1) is 13.7 Å². The highest BCUT2D eigenvalue weighted by Gasteiger charge is 2.05. The molecule has 94 valence electrons. The molecule has 0 spiro atoms. The standard InChI is InChI=1S/C13H18O4/c1-16-9-11-8-12(17-2)7-6-10(11)4-3-5-13(14)15/h6-8H,3-5,9H2,1-2H3,(H,14,15). The lowest BCUT2D eigenvalue weighted by atomic mass is 10.0. The molecule has 0 saturated heterocycles. The van der Waals surface area contributed by atoms with Crippen molar-refractivity contribution in [3.05, 3.63) is 29.3 Å². The van der Waals surface area contributed by atoms with Crippen molar-refractivity contribution in [1.82, 2.24) is 0 Å². The number of carbonyl (C=O) groups is 1. The lowest BCUT2D eigenvalue weighted by Gasteiger charge is -2.10. The van der Waals surface area contributed by atoms with Crippen molar-refractivity contribution < 1.29 is 19.4 Å². The molecule has 4 heteroatoms. The Kier molecular flexibility index (Phi) is 5.49. The Hall–Kier alpha value is -1.55. The average Bonchev–Trinajstić information content (AvgIpc) is 2.31. The fraction of sp³-hybridized carbons (Fsp3) is 0.462. The second-order valence-electron chi connectivity index (χ2n) is 3.81. The monoisotopic (exact) mass is 238 g/mol. The first kappa shape index (κ1) is 13.5. The average molecular weight is 238 g/mol. The number of carboxylic acid groups (broad SMARTS) is 1. The number of hydrogen-bond donors (Lipinski definition) is 1. The van der Waals surface area contributed by atoms with Crippen molar-refractivity contribution in [1.29, 1.82) is 0 Å². The van der Waals surface area contributed by atoms with E-state index >= 15 is 0 Å². The molecule has 0 amide bonds. The van der Waals surface area contributed by atoms with Crippen LogP contribution in [0.4, 0.5) is 0 Å². The van der Waals surface area contributed by atoms with Crippen molar-refractivity contribution >= 4 is 5.97 Å². The van der Waals surface area contributed by atoms with Crippen LogP contribution in [-0.4, -0.2) is 25.3 Å². The van der Waals surface area contributed by atoms with Crippen LogP contribution < -0.4 is 4.74 Å². The molecule has 0 atom stereocenters. The molecule has 0 unspecified atom stereocenters. The van der Waals surface area contributed by atoms with Gasteiger partial charge in [-0.2, -0.15) is 0 Å². The largest absolute Gasteiger partial charge is 0.497 e. The zero-order valence-electron chi connectivity index (χ0n) is 10.2. The first-order valence-corrected chi connectivity index (χ1v) is 5.54. The molecule has 4 nitrogen and oxygen atoms in total. The molecular weight excluding hydrogens is 220 g/mol. The molecule has 0 heterocycles. The number of ether oxygens (including phenoxy) is 2. The van der Waals surface area contributed by atoms with E-state index in [2.05, 4.69) is 0 Å². The number of hydrogen-bond acceptors (Lipinski definition) is 3. The van der Waals surface area contributed by atoms with Gasteiger partial charge in [0.25, 0.3) is 0 Å². The smallest absolute Gasteiger partial charge is 0.303 e. The van der Waals surface area contributed by atoms with Crippen LogP contribution in [0.5, 0.6) is 5.75 Å². The Morgan fingerprint density at radius 3 is 2.65 bits per heavy atom. The van der Waals surface area contributed by atoms with Gasteiger partial charge in [-0.25, -0.2) is 0 Å². The Morgan fingerprint density at radius 2 is 2.06 bits per heavy atom. The van der Waals surface area contributed by atoms with Crippen molar-refractivity contribution in [2.45, 2.75) is 25.9 Å². The minimum Gasteiger partial charge on any atom is -0.497 e. The Balaban J connectivity index is 2.71. The minimum atomic E-state index is -0.758. The van der Waals surface area contributed by atoms with E-state index in [1.807, 2.05) is 18.2 Å². The van der Waals surface area contributed by atoms with Gasteiger partial charge < -0.3 is 14.6 Å². The van der Waals surface area contributed by atoms with Gasteiger partial charge in [-0.1, -0.05) is 6.07 Å². The number of aryl methyl sites for hydroxylation is 1. The summed E-state index contributed by atoms with van der Waals surface area (Å²) in [4.78, 5) is 10.5. The summed E-state index contributed by atoms with van der Waals surface area (Å²) in [5.74, 6) is 0.0332. The fourth-order valence-electron chi connectivity index (χ4n) is 1.69. The van der Waals surface area contributed by atoms with Gasteiger partial charge >= 0.3 is 5.97 Å². The summed E-state index contributed by atoms with van der Waals surface area (Å²) in [5.41, 5.74) is 2.17. The molecule has 0 aliphatic heterocycles. The lowest BCUT2D eigenvalue weighted by Crippen LogP contribution is -2.00. The molecule has 1 N–H and O–H groups in total. The Morgan fingerprint density at radius 1 is 1.29 bits per heavy atom. The maximum atomic E-state index is 10.5. The highest BCUT2D eigenvalue weighted by Crippen LogP contribution is 2.20. The van der Waals surface area contributed by atoms with E-state index in [0.29, 0.717) is 13.0 Å². The van der Waals surface area contributed by atoms with Crippen LogP contribution in [0.15, 0.2) is 18.2 Å². The summed E-state index contributed by atoms with van der Waals surface area (Å²) in [7, 11) is 3.26. The van der Waals surface area contributed by atoms with Gasteiger partial charge in [0.2, 0.25) is 0 Å². The summed E-state index contributed by atoms with van der Waals surface area (Å²) in [5, 5.41) is 8.60. The molecule has 0 aliphatic rings. The molecule has 0 fully saturated rings. The predicted octanol–water partition coefficient (Wildman–Crippen LogP) is 2.25. The van der Waals surface area contributed by atoms with Crippen LogP contribution in [0, 0.1) is 0 Å². The quantitative estimate of drug-likeness (QED) is 0.791. The van der Waals surface area contributed by atoms with Crippen LogP contribution in [-0.2, 0) is 22.6 Å².